The molecule has 1 saturated heterocycles. The molecule has 2 amide bonds. The summed E-state index contributed by atoms with van der Waals surface area (Å²) in [5.41, 5.74) is 3.22. The third-order valence-electron chi connectivity index (χ3n) is 4.92. The van der Waals surface area contributed by atoms with Gasteiger partial charge in [-0.2, -0.15) is 0 Å². The second-order valence-corrected chi connectivity index (χ2v) is 8.00. The Morgan fingerprint density at radius 3 is 2.86 bits per heavy atom. The van der Waals surface area contributed by atoms with Crippen LogP contribution in [0.1, 0.15) is 39.9 Å². The number of aryl methyl sites for hydroxylation is 1. The lowest BCUT2D eigenvalue weighted by Gasteiger charge is -2.25. The Bertz CT molecular complexity index is 979. The predicted molar refractivity (Wildman–Crippen MR) is 109 cm³/mol. The van der Waals surface area contributed by atoms with Crippen LogP contribution in [-0.4, -0.2) is 39.8 Å². The van der Waals surface area contributed by atoms with Crippen molar-refractivity contribution in [1.29, 1.82) is 0 Å². The first-order valence-corrected chi connectivity index (χ1v) is 10.2. The van der Waals surface area contributed by atoms with Crippen LogP contribution in [0.15, 0.2) is 48.0 Å². The number of aromatic amines is 1. The van der Waals surface area contributed by atoms with Gasteiger partial charge in [0.05, 0.1) is 16.7 Å². The van der Waals surface area contributed by atoms with Gasteiger partial charge in [0.15, 0.2) is 0 Å². The molecule has 1 atom stereocenters. The van der Waals surface area contributed by atoms with Crippen LogP contribution in [0.5, 0.6) is 0 Å². The molecular formula is C21H22N4O2S. The Labute approximate surface area is 167 Å². The third-order valence-corrected chi connectivity index (χ3v) is 5.70. The number of likely N-dealkylation sites (tertiary alicyclic amines) is 1. The van der Waals surface area contributed by atoms with Crippen LogP contribution < -0.4 is 5.32 Å². The van der Waals surface area contributed by atoms with E-state index in [1.807, 2.05) is 53.6 Å². The maximum absolute atomic E-state index is 12.9. The zero-order chi connectivity index (χ0) is 19.5. The monoisotopic (exact) mass is 394 g/mol. The van der Waals surface area contributed by atoms with E-state index in [4.69, 9.17) is 0 Å². The summed E-state index contributed by atoms with van der Waals surface area (Å²) in [6.07, 6.45) is 3.26. The molecular weight excluding hydrogens is 372 g/mol. The molecule has 0 aliphatic carbocycles. The molecule has 6 nitrogen and oxygen atoms in total. The highest BCUT2D eigenvalue weighted by Crippen LogP contribution is 2.23. The van der Waals surface area contributed by atoms with Gasteiger partial charge in [0, 0.05) is 36.7 Å². The van der Waals surface area contributed by atoms with E-state index < -0.39 is 0 Å². The molecule has 7 heteroatoms. The normalized spacial score (nSPS) is 15.0. The number of H-pyrrole nitrogens is 1. The maximum Gasteiger partial charge on any atom is 0.268 e. The van der Waals surface area contributed by atoms with E-state index in [0.29, 0.717) is 18.7 Å². The molecule has 28 heavy (non-hydrogen) atoms. The average Bonchev–Trinajstić information content (AvgIpc) is 3.43. The van der Waals surface area contributed by atoms with E-state index >= 15 is 0 Å². The first-order valence-electron chi connectivity index (χ1n) is 9.34. The number of carbonyl (C=O) groups excluding carboxylic acids is 2. The van der Waals surface area contributed by atoms with Crippen molar-refractivity contribution in [3.8, 4) is 11.3 Å². The lowest BCUT2D eigenvalue weighted by atomic mass is 10.1. The molecule has 0 spiro atoms. The zero-order valence-corrected chi connectivity index (χ0v) is 16.5. The fourth-order valence-electron chi connectivity index (χ4n) is 3.44. The first kappa shape index (κ1) is 18.4. The molecule has 0 unspecified atom stereocenters. The van der Waals surface area contributed by atoms with Crippen LogP contribution in [-0.2, 0) is 4.79 Å². The Balaban J connectivity index is 1.52. The SMILES string of the molecule is Cc1nc(-c2c[nH]c(C(=O)N[C@@H](CN3CCCC3=O)c3ccccc3)c2)cs1. The Hall–Kier alpha value is -2.93. The number of amides is 2. The van der Waals surface area contributed by atoms with Gasteiger partial charge in [0.2, 0.25) is 5.91 Å². The van der Waals surface area contributed by atoms with Crippen LogP contribution >= 0.6 is 11.3 Å². The zero-order valence-electron chi connectivity index (χ0n) is 15.6. The van der Waals surface area contributed by atoms with E-state index in [1.165, 1.54) is 0 Å². The molecule has 4 rings (SSSR count). The molecule has 1 fully saturated rings. The molecule has 0 radical (unpaired) electrons. The van der Waals surface area contributed by atoms with Crippen molar-refractivity contribution in [2.24, 2.45) is 0 Å². The summed E-state index contributed by atoms with van der Waals surface area (Å²) in [6, 6.07) is 11.3. The quantitative estimate of drug-likeness (QED) is 0.671. The standard InChI is InChI=1S/C21H22N4O2S/c1-14-23-19(13-28-14)16-10-17(22-11-16)21(27)24-18(15-6-3-2-4-7-15)12-25-9-5-8-20(25)26/h2-4,6-7,10-11,13,18,22H,5,8-9,12H2,1H3,(H,24,27)/t18-/m0/s1. The summed E-state index contributed by atoms with van der Waals surface area (Å²) in [4.78, 5) is 34.3. The highest BCUT2D eigenvalue weighted by atomic mass is 32.1. The first-order chi connectivity index (χ1) is 13.6. The lowest BCUT2D eigenvalue weighted by Crippen LogP contribution is -2.38. The fourth-order valence-corrected chi connectivity index (χ4v) is 4.06. The van der Waals surface area contributed by atoms with Crippen molar-refractivity contribution in [2.45, 2.75) is 25.8 Å². The molecule has 144 valence electrons. The van der Waals surface area contributed by atoms with Crippen molar-refractivity contribution < 1.29 is 9.59 Å². The van der Waals surface area contributed by atoms with Crippen LogP contribution in [0.3, 0.4) is 0 Å². The molecule has 0 saturated carbocycles. The van der Waals surface area contributed by atoms with Crippen LogP contribution in [0, 0.1) is 6.92 Å². The number of hydrogen-bond donors (Lipinski definition) is 2. The molecule has 2 aromatic heterocycles. The summed E-state index contributed by atoms with van der Waals surface area (Å²) in [5.74, 6) is -0.0463. The second-order valence-electron chi connectivity index (χ2n) is 6.93. The van der Waals surface area contributed by atoms with Gasteiger partial charge in [0.1, 0.15) is 5.69 Å². The van der Waals surface area contributed by atoms with Gasteiger partial charge >= 0.3 is 0 Å². The second kappa shape index (κ2) is 7.98. The van der Waals surface area contributed by atoms with Crippen molar-refractivity contribution in [2.75, 3.05) is 13.1 Å². The summed E-state index contributed by atoms with van der Waals surface area (Å²) in [5, 5.41) is 6.05. The van der Waals surface area contributed by atoms with Crippen molar-refractivity contribution in [1.82, 2.24) is 20.2 Å². The maximum atomic E-state index is 12.9. The Morgan fingerprint density at radius 1 is 1.36 bits per heavy atom. The van der Waals surface area contributed by atoms with Gasteiger partial charge < -0.3 is 15.2 Å². The number of thiazole rings is 1. The molecule has 1 aromatic carbocycles. The van der Waals surface area contributed by atoms with Gasteiger partial charge in [-0.05, 0) is 25.0 Å². The van der Waals surface area contributed by atoms with E-state index in [-0.39, 0.29) is 17.9 Å². The molecule has 1 aliphatic rings. The van der Waals surface area contributed by atoms with E-state index in [9.17, 15) is 9.59 Å². The van der Waals surface area contributed by atoms with Gasteiger partial charge in [-0.15, -0.1) is 11.3 Å². The third kappa shape index (κ3) is 3.99. The molecule has 3 heterocycles. The minimum absolute atomic E-state index is 0.149. The van der Waals surface area contributed by atoms with Crippen molar-refractivity contribution in [3.63, 3.8) is 0 Å². The Kier molecular flexibility index (Phi) is 5.25. The van der Waals surface area contributed by atoms with E-state index in [2.05, 4.69) is 15.3 Å². The number of hydrogen-bond acceptors (Lipinski definition) is 4. The van der Waals surface area contributed by atoms with E-state index in [0.717, 1.165) is 34.8 Å². The van der Waals surface area contributed by atoms with Crippen LogP contribution in [0.25, 0.3) is 11.3 Å². The number of rotatable bonds is 6. The molecule has 1 aliphatic heterocycles. The summed E-state index contributed by atoms with van der Waals surface area (Å²) < 4.78 is 0. The van der Waals surface area contributed by atoms with Gasteiger partial charge in [-0.3, -0.25) is 9.59 Å². The minimum Gasteiger partial charge on any atom is -0.357 e. The topological polar surface area (TPSA) is 78.1 Å². The Morgan fingerprint density at radius 2 is 2.18 bits per heavy atom. The summed E-state index contributed by atoms with van der Waals surface area (Å²) in [7, 11) is 0. The highest BCUT2D eigenvalue weighted by molar-refractivity contribution is 7.09. The van der Waals surface area contributed by atoms with Gasteiger partial charge in [0.25, 0.3) is 5.91 Å². The van der Waals surface area contributed by atoms with Gasteiger partial charge in [-0.25, -0.2) is 4.98 Å². The highest BCUT2D eigenvalue weighted by Gasteiger charge is 2.26. The fraction of sp³-hybridized carbons (Fsp3) is 0.286. The van der Waals surface area contributed by atoms with Crippen LogP contribution in [0.2, 0.25) is 0 Å². The minimum atomic E-state index is -0.260. The smallest absolute Gasteiger partial charge is 0.268 e. The number of nitrogens with zero attached hydrogens (tertiary/aromatic N) is 2. The predicted octanol–water partition coefficient (Wildman–Crippen LogP) is 3.54. The van der Waals surface area contributed by atoms with E-state index in [1.54, 1.807) is 17.5 Å². The number of aromatic nitrogens is 2. The molecule has 3 aromatic rings. The molecule has 2 N–H and O–H groups in total. The number of carbonyl (C=O) groups is 2. The lowest BCUT2D eigenvalue weighted by molar-refractivity contribution is -0.128. The average molecular weight is 394 g/mol. The largest absolute Gasteiger partial charge is 0.357 e. The van der Waals surface area contributed by atoms with Crippen LogP contribution in [0.4, 0.5) is 0 Å². The number of nitrogens with one attached hydrogen (secondary N) is 2. The summed E-state index contributed by atoms with van der Waals surface area (Å²) >= 11 is 1.58. The van der Waals surface area contributed by atoms with Gasteiger partial charge in [-0.1, -0.05) is 30.3 Å². The number of benzene rings is 1. The van der Waals surface area contributed by atoms with Crippen molar-refractivity contribution in [3.05, 3.63) is 64.2 Å². The molecule has 0 bridgehead atoms. The van der Waals surface area contributed by atoms with Crippen molar-refractivity contribution >= 4 is 23.2 Å². The summed E-state index contributed by atoms with van der Waals surface area (Å²) in [6.45, 7) is 3.18.